The molecule has 3 rings (SSSR count). The van der Waals surface area contributed by atoms with Crippen LogP contribution in [0.3, 0.4) is 0 Å². The lowest BCUT2D eigenvalue weighted by molar-refractivity contribution is -0.105. The minimum Gasteiger partial charge on any atom is -0.347 e. The predicted octanol–water partition coefficient (Wildman–Crippen LogP) is 2.99. The fourth-order valence-corrected chi connectivity index (χ4v) is 3.04. The minimum atomic E-state index is -0.847. The SMILES string of the molecule is C[C@H](CCc1cc(F)cc(F)c1NC=O)NC(=O)c1n[nH]c(Cc2ccccc2)n1. The van der Waals surface area contributed by atoms with Gasteiger partial charge in [0.1, 0.15) is 17.5 Å². The van der Waals surface area contributed by atoms with Crippen LogP contribution in [-0.4, -0.2) is 33.5 Å². The molecule has 1 aromatic heterocycles. The van der Waals surface area contributed by atoms with Crippen molar-refractivity contribution < 1.29 is 18.4 Å². The number of aromatic nitrogens is 3. The summed E-state index contributed by atoms with van der Waals surface area (Å²) >= 11 is 0. The van der Waals surface area contributed by atoms with Gasteiger partial charge in [-0.15, -0.1) is 5.10 Å². The van der Waals surface area contributed by atoms with Gasteiger partial charge in [0.15, 0.2) is 0 Å². The maximum atomic E-state index is 13.9. The number of nitrogens with one attached hydrogen (secondary N) is 3. The van der Waals surface area contributed by atoms with Gasteiger partial charge >= 0.3 is 0 Å². The number of H-pyrrole nitrogens is 1. The lowest BCUT2D eigenvalue weighted by atomic mass is 10.0. The smallest absolute Gasteiger partial charge is 0.291 e. The maximum absolute atomic E-state index is 13.9. The number of halogens is 2. The van der Waals surface area contributed by atoms with E-state index in [1.807, 2.05) is 30.3 Å². The van der Waals surface area contributed by atoms with E-state index < -0.39 is 17.5 Å². The number of hydrogen-bond acceptors (Lipinski definition) is 4. The predicted molar refractivity (Wildman–Crippen MR) is 107 cm³/mol. The van der Waals surface area contributed by atoms with Gasteiger partial charge in [0, 0.05) is 18.5 Å². The zero-order valence-electron chi connectivity index (χ0n) is 16.3. The third kappa shape index (κ3) is 5.47. The van der Waals surface area contributed by atoms with E-state index >= 15 is 0 Å². The Labute approximate surface area is 171 Å². The van der Waals surface area contributed by atoms with Crippen molar-refractivity contribution in [3.05, 3.63) is 76.9 Å². The first-order valence-electron chi connectivity index (χ1n) is 9.40. The molecule has 2 amide bonds. The standard InChI is InChI=1S/C21H21F2N5O2/c1-13(7-8-15-10-16(22)11-17(23)19(15)24-12-29)25-21(30)20-26-18(27-28-20)9-14-5-3-2-4-6-14/h2-6,10-13H,7-9H2,1H3,(H,24,29)(H,25,30)(H,26,27,28)/t13-/m1/s1. The topological polar surface area (TPSA) is 99.8 Å². The molecule has 0 fully saturated rings. The quantitative estimate of drug-likeness (QED) is 0.470. The van der Waals surface area contributed by atoms with Crippen molar-refractivity contribution in [1.82, 2.24) is 20.5 Å². The molecule has 156 valence electrons. The van der Waals surface area contributed by atoms with Gasteiger partial charge < -0.3 is 10.6 Å². The number of amides is 2. The maximum Gasteiger partial charge on any atom is 0.291 e. The summed E-state index contributed by atoms with van der Waals surface area (Å²) in [6.45, 7) is 1.76. The molecular formula is C21H21F2N5O2. The van der Waals surface area contributed by atoms with Crippen LogP contribution >= 0.6 is 0 Å². The average Bonchev–Trinajstić information content (AvgIpc) is 3.18. The second-order valence-electron chi connectivity index (χ2n) is 6.87. The Hall–Kier alpha value is -3.62. The van der Waals surface area contributed by atoms with Crippen LogP contribution in [0, 0.1) is 11.6 Å². The van der Waals surface area contributed by atoms with Gasteiger partial charge in [-0.3, -0.25) is 14.7 Å². The van der Waals surface area contributed by atoms with Crippen LogP contribution in [0.15, 0.2) is 42.5 Å². The Morgan fingerprint density at radius 2 is 2.00 bits per heavy atom. The van der Waals surface area contributed by atoms with Crippen LogP contribution in [0.1, 0.15) is 40.9 Å². The summed E-state index contributed by atoms with van der Waals surface area (Å²) in [5.74, 6) is -1.44. The first-order valence-corrected chi connectivity index (χ1v) is 9.40. The lowest BCUT2D eigenvalue weighted by Gasteiger charge is -2.15. The van der Waals surface area contributed by atoms with Crippen LogP contribution in [-0.2, 0) is 17.6 Å². The van der Waals surface area contributed by atoms with Crippen molar-refractivity contribution in [1.29, 1.82) is 0 Å². The molecule has 2 aromatic carbocycles. The van der Waals surface area contributed by atoms with Crippen molar-refractivity contribution in [3.8, 4) is 0 Å². The highest BCUT2D eigenvalue weighted by molar-refractivity contribution is 5.90. The molecule has 1 heterocycles. The number of anilines is 1. The fraction of sp³-hybridized carbons (Fsp3) is 0.238. The van der Waals surface area contributed by atoms with Gasteiger partial charge in [0.05, 0.1) is 5.69 Å². The third-order valence-corrected chi connectivity index (χ3v) is 4.51. The number of aromatic amines is 1. The molecule has 3 N–H and O–H groups in total. The summed E-state index contributed by atoms with van der Waals surface area (Å²) in [7, 11) is 0. The van der Waals surface area contributed by atoms with Gasteiger partial charge in [-0.25, -0.2) is 13.8 Å². The van der Waals surface area contributed by atoms with Gasteiger partial charge in [-0.2, -0.15) is 0 Å². The van der Waals surface area contributed by atoms with Crippen molar-refractivity contribution in [2.24, 2.45) is 0 Å². The highest BCUT2D eigenvalue weighted by Crippen LogP contribution is 2.23. The highest BCUT2D eigenvalue weighted by Gasteiger charge is 2.17. The van der Waals surface area contributed by atoms with Crippen molar-refractivity contribution in [2.75, 3.05) is 5.32 Å². The lowest BCUT2D eigenvalue weighted by Crippen LogP contribution is -2.33. The van der Waals surface area contributed by atoms with E-state index in [4.69, 9.17) is 0 Å². The van der Waals surface area contributed by atoms with Crippen molar-refractivity contribution >= 4 is 18.0 Å². The molecule has 1 atom stereocenters. The van der Waals surface area contributed by atoms with Gasteiger partial charge in [0.25, 0.3) is 5.91 Å². The molecule has 0 radical (unpaired) electrons. The number of hydrogen-bond donors (Lipinski definition) is 3. The number of rotatable bonds is 9. The molecule has 9 heteroatoms. The number of nitrogens with zero attached hydrogens (tertiary/aromatic N) is 2. The minimum absolute atomic E-state index is 0.0212. The zero-order chi connectivity index (χ0) is 21.5. The van der Waals surface area contributed by atoms with E-state index in [1.165, 1.54) is 0 Å². The second-order valence-corrected chi connectivity index (χ2v) is 6.87. The number of benzene rings is 2. The Balaban J connectivity index is 1.57. The van der Waals surface area contributed by atoms with Crippen molar-refractivity contribution in [3.63, 3.8) is 0 Å². The van der Waals surface area contributed by atoms with E-state index in [0.717, 1.165) is 11.6 Å². The summed E-state index contributed by atoms with van der Waals surface area (Å²) in [6, 6.07) is 11.2. The number of carbonyl (C=O) groups excluding carboxylic acids is 2. The molecule has 3 aromatic rings. The van der Waals surface area contributed by atoms with E-state index in [-0.39, 0.29) is 24.0 Å². The fourth-order valence-electron chi connectivity index (χ4n) is 3.04. The first kappa shape index (κ1) is 21.1. The Morgan fingerprint density at radius 3 is 2.73 bits per heavy atom. The molecule has 7 nitrogen and oxygen atoms in total. The molecule has 0 aliphatic heterocycles. The number of carbonyl (C=O) groups is 2. The summed E-state index contributed by atoms with van der Waals surface area (Å²) in [4.78, 5) is 27.3. The largest absolute Gasteiger partial charge is 0.347 e. The van der Waals surface area contributed by atoms with Gasteiger partial charge in [0.2, 0.25) is 12.2 Å². The van der Waals surface area contributed by atoms with Crippen LogP contribution in [0.5, 0.6) is 0 Å². The van der Waals surface area contributed by atoms with E-state index in [9.17, 15) is 18.4 Å². The Kier molecular flexibility index (Phi) is 6.84. The molecule has 0 unspecified atom stereocenters. The summed E-state index contributed by atoms with van der Waals surface area (Å²) in [5, 5.41) is 11.7. The summed E-state index contributed by atoms with van der Waals surface area (Å²) < 4.78 is 27.4. The number of aryl methyl sites for hydroxylation is 1. The van der Waals surface area contributed by atoms with Crippen LogP contribution in [0.4, 0.5) is 14.5 Å². The summed E-state index contributed by atoms with van der Waals surface area (Å²) in [6.07, 6.45) is 1.50. The van der Waals surface area contributed by atoms with E-state index in [0.29, 0.717) is 36.7 Å². The second kappa shape index (κ2) is 9.73. The van der Waals surface area contributed by atoms with Crippen LogP contribution in [0.2, 0.25) is 0 Å². The molecule has 0 aliphatic carbocycles. The summed E-state index contributed by atoms with van der Waals surface area (Å²) in [5.41, 5.74) is 1.28. The molecule has 0 aliphatic rings. The Bertz CT molecular complexity index is 1020. The Morgan fingerprint density at radius 1 is 1.23 bits per heavy atom. The highest BCUT2D eigenvalue weighted by atomic mass is 19.1. The molecule has 0 spiro atoms. The van der Waals surface area contributed by atoms with Gasteiger partial charge in [-0.1, -0.05) is 30.3 Å². The molecule has 30 heavy (non-hydrogen) atoms. The van der Waals surface area contributed by atoms with Crippen LogP contribution < -0.4 is 10.6 Å². The van der Waals surface area contributed by atoms with E-state index in [1.54, 1.807) is 6.92 Å². The van der Waals surface area contributed by atoms with Gasteiger partial charge in [-0.05, 0) is 37.0 Å². The monoisotopic (exact) mass is 413 g/mol. The zero-order valence-corrected chi connectivity index (χ0v) is 16.3. The van der Waals surface area contributed by atoms with Crippen LogP contribution in [0.25, 0.3) is 0 Å². The molecule has 0 bridgehead atoms. The molecule has 0 saturated heterocycles. The molecule has 0 saturated carbocycles. The molecular weight excluding hydrogens is 392 g/mol. The third-order valence-electron chi connectivity index (χ3n) is 4.51. The van der Waals surface area contributed by atoms with Crippen molar-refractivity contribution in [2.45, 2.75) is 32.2 Å². The van der Waals surface area contributed by atoms with E-state index in [2.05, 4.69) is 25.8 Å². The average molecular weight is 413 g/mol. The normalized spacial score (nSPS) is 11.7. The first-order chi connectivity index (χ1) is 14.5.